The topological polar surface area (TPSA) is 214 Å². The predicted molar refractivity (Wildman–Crippen MR) is 266 cm³/mol. The molecule has 0 aromatic carbocycles. The van der Waals surface area contributed by atoms with Crippen molar-refractivity contribution in [2.75, 3.05) is 33.0 Å². The van der Waals surface area contributed by atoms with E-state index in [1.807, 2.05) is 0 Å². The molecule has 0 spiro atoms. The number of hydrogen-bond acceptors (Lipinski definition) is 14. The summed E-state index contributed by atoms with van der Waals surface area (Å²) >= 11 is 0. The average molecular weight is 971 g/mol. The van der Waals surface area contributed by atoms with Crippen LogP contribution in [0.5, 0.6) is 0 Å². The summed E-state index contributed by atoms with van der Waals surface area (Å²) in [5, 5.41) is 72.1. The number of ether oxygens (including phenoxy) is 6. The van der Waals surface area contributed by atoms with E-state index >= 15 is 0 Å². The zero-order chi connectivity index (χ0) is 49.5. The van der Waals surface area contributed by atoms with Crippen LogP contribution in [-0.2, 0) is 33.2 Å². The summed E-state index contributed by atoms with van der Waals surface area (Å²) in [5.74, 6) is -0.387. The highest BCUT2D eigenvalue weighted by atomic mass is 16.7. The Morgan fingerprint density at radius 3 is 1.46 bits per heavy atom. The van der Waals surface area contributed by atoms with Gasteiger partial charge in [-0.1, -0.05) is 159 Å². The molecule has 0 bridgehead atoms. The Balaban J connectivity index is 1.72. The molecule has 0 amide bonds. The van der Waals surface area contributed by atoms with Crippen LogP contribution in [0, 0.1) is 0 Å². The van der Waals surface area contributed by atoms with Gasteiger partial charge in [0.05, 0.1) is 26.4 Å². The second kappa shape index (κ2) is 41.8. The molecular weight excluding hydrogens is 873 g/mol. The number of hydrogen-bond donors (Lipinski definition) is 7. The number of carbonyl (C=O) groups is 1. The van der Waals surface area contributed by atoms with Gasteiger partial charge in [-0.05, 0) is 70.6 Å². The quantitative estimate of drug-likeness (QED) is 0.0173. The van der Waals surface area contributed by atoms with Crippen LogP contribution >= 0.6 is 0 Å². The van der Waals surface area contributed by atoms with Crippen molar-refractivity contribution in [2.45, 2.75) is 268 Å². The minimum absolute atomic E-state index is 0.0570. The number of esters is 1. The third kappa shape index (κ3) is 28.9. The van der Waals surface area contributed by atoms with Gasteiger partial charge in [-0.15, -0.1) is 0 Å². The highest BCUT2D eigenvalue weighted by Crippen LogP contribution is 2.26. The Bertz CT molecular complexity index is 1260. The van der Waals surface area contributed by atoms with Crippen LogP contribution in [0.1, 0.15) is 200 Å². The molecule has 2 saturated heterocycles. The van der Waals surface area contributed by atoms with Gasteiger partial charge in [0.25, 0.3) is 0 Å². The standard InChI is InChI=1S/C54H98O14/c1-3-5-7-9-11-13-15-17-18-19-20-21-22-23-24-25-26-28-30-32-34-36-38-63-40-43(66-46(56)37-35-33-31-29-27-16-14-12-10-8-6-4-2)41-64-53-52(62)50(60)48(58)45(68-53)42-65-54-51(61)49(59)47(57)44(39-55)67-54/h12,14-15,17,19-20,43-45,47-55,57-62H,3-11,13,16,18,21-42H2,1-2H3/b14-12-,17-15-,20-19-. The number of aliphatic hydroxyl groups excluding tert-OH is 7. The van der Waals surface area contributed by atoms with E-state index in [1.165, 1.54) is 109 Å². The van der Waals surface area contributed by atoms with Crippen molar-refractivity contribution >= 4 is 5.97 Å². The molecule has 2 fully saturated rings. The van der Waals surface area contributed by atoms with Crippen LogP contribution in [0.15, 0.2) is 36.5 Å². The van der Waals surface area contributed by atoms with E-state index in [0.717, 1.165) is 64.2 Å². The zero-order valence-electron chi connectivity index (χ0n) is 42.3. The molecule has 11 unspecified atom stereocenters. The maximum absolute atomic E-state index is 13.0. The van der Waals surface area contributed by atoms with Crippen molar-refractivity contribution in [1.29, 1.82) is 0 Å². The Morgan fingerprint density at radius 2 is 0.912 bits per heavy atom. The summed E-state index contributed by atoms with van der Waals surface area (Å²) < 4.78 is 34.3. The summed E-state index contributed by atoms with van der Waals surface area (Å²) in [4.78, 5) is 13.0. The minimum atomic E-state index is -1.71. The van der Waals surface area contributed by atoms with E-state index in [-0.39, 0.29) is 25.6 Å². The normalized spacial score (nSPS) is 26.1. The summed E-state index contributed by atoms with van der Waals surface area (Å²) in [6, 6.07) is 0. The van der Waals surface area contributed by atoms with Crippen LogP contribution in [0.4, 0.5) is 0 Å². The number of rotatable bonds is 43. The molecule has 7 N–H and O–H groups in total. The molecule has 0 aromatic rings. The SMILES string of the molecule is CCCCC/C=C\CCCCCCCC(=O)OC(COCCCCCCCCCCCC/C=C\C/C=C\CCCCCCC)COC1OC(COC2OC(CO)C(O)C(O)C2O)C(O)C(O)C1O. The highest BCUT2D eigenvalue weighted by molar-refractivity contribution is 5.69. The van der Waals surface area contributed by atoms with Crippen LogP contribution in [0.25, 0.3) is 0 Å². The number of unbranched alkanes of at least 4 members (excludes halogenated alkanes) is 23. The van der Waals surface area contributed by atoms with Gasteiger partial charge in [0.15, 0.2) is 12.6 Å². The van der Waals surface area contributed by atoms with Crippen LogP contribution in [0.2, 0.25) is 0 Å². The molecule has 14 nitrogen and oxygen atoms in total. The van der Waals surface area contributed by atoms with Crippen LogP contribution in [-0.4, -0.2) is 142 Å². The van der Waals surface area contributed by atoms with Gasteiger partial charge >= 0.3 is 5.97 Å². The Kier molecular flexibility index (Phi) is 38.3. The Hall–Kier alpha value is -1.79. The number of aliphatic hydroxyl groups is 7. The monoisotopic (exact) mass is 971 g/mol. The van der Waals surface area contributed by atoms with Crippen molar-refractivity contribution in [1.82, 2.24) is 0 Å². The van der Waals surface area contributed by atoms with Crippen molar-refractivity contribution in [3.8, 4) is 0 Å². The first-order valence-corrected chi connectivity index (χ1v) is 27.1. The third-order valence-corrected chi connectivity index (χ3v) is 12.9. The third-order valence-electron chi connectivity index (χ3n) is 12.9. The number of allylic oxidation sites excluding steroid dienone is 6. The largest absolute Gasteiger partial charge is 0.457 e. The lowest BCUT2D eigenvalue weighted by molar-refractivity contribution is -0.332. The molecule has 2 rings (SSSR count). The Labute approximate surface area is 410 Å². The fourth-order valence-corrected chi connectivity index (χ4v) is 8.43. The smallest absolute Gasteiger partial charge is 0.306 e. The Morgan fingerprint density at radius 1 is 0.485 bits per heavy atom. The lowest BCUT2D eigenvalue weighted by atomic mass is 9.98. The van der Waals surface area contributed by atoms with Gasteiger partial charge in [-0.3, -0.25) is 4.79 Å². The van der Waals surface area contributed by atoms with E-state index in [2.05, 4.69) is 50.3 Å². The molecular formula is C54H98O14. The molecule has 11 atom stereocenters. The highest BCUT2D eigenvalue weighted by Gasteiger charge is 2.47. The van der Waals surface area contributed by atoms with Gasteiger partial charge in [0.1, 0.15) is 54.9 Å². The van der Waals surface area contributed by atoms with E-state index in [4.69, 9.17) is 28.4 Å². The second-order valence-corrected chi connectivity index (χ2v) is 19.0. The molecule has 2 heterocycles. The molecule has 2 aliphatic heterocycles. The van der Waals surface area contributed by atoms with Gasteiger partial charge in [0, 0.05) is 13.0 Å². The van der Waals surface area contributed by atoms with Crippen molar-refractivity contribution in [3.05, 3.63) is 36.5 Å². The molecule has 0 aromatic heterocycles. The van der Waals surface area contributed by atoms with Crippen molar-refractivity contribution < 1.29 is 69.0 Å². The van der Waals surface area contributed by atoms with Gasteiger partial charge in [-0.25, -0.2) is 0 Å². The molecule has 0 saturated carbocycles. The fourth-order valence-electron chi connectivity index (χ4n) is 8.43. The van der Waals surface area contributed by atoms with E-state index < -0.39 is 80.7 Å². The molecule has 398 valence electrons. The summed E-state index contributed by atoms with van der Waals surface area (Å²) in [6.07, 6.45) is 30.7. The first kappa shape index (κ1) is 62.3. The number of carbonyl (C=O) groups excluding carboxylic acids is 1. The first-order valence-electron chi connectivity index (χ1n) is 27.1. The minimum Gasteiger partial charge on any atom is -0.457 e. The van der Waals surface area contributed by atoms with E-state index in [1.54, 1.807) is 0 Å². The zero-order valence-corrected chi connectivity index (χ0v) is 42.3. The first-order chi connectivity index (χ1) is 33.1. The maximum Gasteiger partial charge on any atom is 0.306 e. The van der Waals surface area contributed by atoms with Gasteiger partial charge in [-0.2, -0.15) is 0 Å². The van der Waals surface area contributed by atoms with Gasteiger partial charge < -0.3 is 64.2 Å². The molecule has 2 aliphatic rings. The molecule has 14 heteroatoms. The second-order valence-electron chi connectivity index (χ2n) is 19.0. The maximum atomic E-state index is 13.0. The van der Waals surface area contributed by atoms with Gasteiger partial charge in [0.2, 0.25) is 0 Å². The summed E-state index contributed by atoms with van der Waals surface area (Å²) in [5.41, 5.74) is 0. The molecule has 68 heavy (non-hydrogen) atoms. The van der Waals surface area contributed by atoms with E-state index in [0.29, 0.717) is 13.0 Å². The summed E-state index contributed by atoms with van der Waals surface area (Å²) in [7, 11) is 0. The fraction of sp³-hybridized carbons (Fsp3) is 0.870. The lowest BCUT2D eigenvalue weighted by Gasteiger charge is -2.42. The molecule has 0 aliphatic carbocycles. The van der Waals surface area contributed by atoms with E-state index in [9.17, 15) is 40.5 Å². The predicted octanol–water partition coefficient (Wildman–Crippen LogP) is 8.58. The van der Waals surface area contributed by atoms with Crippen molar-refractivity contribution in [3.63, 3.8) is 0 Å². The summed E-state index contributed by atoms with van der Waals surface area (Å²) in [6.45, 7) is 3.64. The van der Waals surface area contributed by atoms with Crippen LogP contribution in [0.3, 0.4) is 0 Å². The molecule has 0 radical (unpaired) electrons. The lowest BCUT2D eigenvalue weighted by Crippen LogP contribution is -2.61. The van der Waals surface area contributed by atoms with Crippen molar-refractivity contribution in [2.24, 2.45) is 0 Å². The van der Waals surface area contributed by atoms with Crippen LogP contribution < -0.4 is 0 Å². The average Bonchev–Trinajstić information content (AvgIpc) is 3.33.